The first-order chi connectivity index (χ1) is 12.4. The molecule has 2 aliphatic rings. The number of nitrogens with zero attached hydrogens (tertiary/aromatic N) is 1. The Balaban J connectivity index is 1.63. The number of carbonyl (C=O) groups is 2. The van der Waals surface area contributed by atoms with E-state index in [0.29, 0.717) is 11.0 Å². The van der Waals surface area contributed by atoms with Crippen molar-refractivity contribution in [2.24, 2.45) is 11.3 Å². The van der Waals surface area contributed by atoms with E-state index in [9.17, 15) is 14.0 Å². The minimum absolute atomic E-state index is 0.0173. The number of likely N-dealkylation sites (tertiary alicyclic amines) is 1. The maximum Gasteiger partial charge on any atom is 0.251 e. The Kier molecular flexibility index (Phi) is 5.61. The first kappa shape index (κ1) is 18.8. The summed E-state index contributed by atoms with van der Waals surface area (Å²) in [4.78, 5) is 27.3. The lowest BCUT2D eigenvalue weighted by atomic mass is 9.77. The van der Waals surface area contributed by atoms with E-state index in [4.69, 9.17) is 0 Å². The number of rotatable bonds is 4. The molecule has 142 valence electrons. The predicted molar refractivity (Wildman–Crippen MR) is 98.2 cm³/mol. The van der Waals surface area contributed by atoms with Crippen LogP contribution in [0.25, 0.3) is 0 Å². The molecule has 2 amide bonds. The van der Waals surface area contributed by atoms with E-state index in [0.717, 1.165) is 39.0 Å². The fourth-order valence-corrected chi connectivity index (χ4v) is 3.96. The van der Waals surface area contributed by atoms with E-state index in [1.165, 1.54) is 30.7 Å². The summed E-state index contributed by atoms with van der Waals surface area (Å²) < 4.78 is 13.0. The Morgan fingerprint density at radius 1 is 1.15 bits per heavy atom. The quantitative estimate of drug-likeness (QED) is 0.864. The van der Waals surface area contributed by atoms with Crippen LogP contribution in [-0.2, 0) is 4.79 Å². The van der Waals surface area contributed by atoms with Gasteiger partial charge in [-0.25, -0.2) is 4.39 Å². The van der Waals surface area contributed by atoms with Crippen molar-refractivity contribution in [1.82, 2.24) is 15.5 Å². The smallest absolute Gasteiger partial charge is 0.251 e. The minimum Gasteiger partial charge on any atom is -0.341 e. The summed E-state index contributed by atoms with van der Waals surface area (Å²) in [6, 6.07) is 4.80. The van der Waals surface area contributed by atoms with Gasteiger partial charge in [-0.15, -0.1) is 0 Å². The molecule has 2 fully saturated rings. The van der Waals surface area contributed by atoms with Gasteiger partial charge in [0, 0.05) is 25.2 Å². The number of carbonyl (C=O) groups excluding carboxylic acids is 2. The van der Waals surface area contributed by atoms with E-state index in [1.807, 2.05) is 18.7 Å². The first-order valence-electron chi connectivity index (χ1n) is 9.46. The average molecular weight is 361 g/mol. The molecule has 1 aromatic carbocycles. The topological polar surface area (TPSA) is 61.4 Å². The van der Waals surface area contributed by atoms with Gasteiger partial charge in [0.1, 0.15) is 11.9 Å². The van der Waals surface area contributed by atoms with Crippen LogP contribution >= 0.6 is 0 Å². The average Bonchev–Trinajstić information content (AvgIpc) is 3.08. The molecular formula is C20H28FN3O2. The zero-order valence-electron chi connectivity index (χ0n) is 15.6. The highest BCUT2D eigenvalue weighted by Crippen LogP contribution is 2.37. The third-order valence-electron chi connectivity index (χ3n) is 5.79. The van der Waals surface area contributed by atoms with Gasteiger partial charge in [-0.2, -0.15) is 0 Å². The summed E-state index contributed by atoms with van der Waals surface area (Å²) in [7, 11) is 0. The predicted octanol–water partition coefficient (Wildman–Crippen LogP) is 2.18. The van der Waals surface area contributed by atoms with Crippen LogP contribution in [0.4, 0.5) is 4.39 Å². The summed E-state index contributed by atoms with van der Waals surface area (Å²) in [5, 5.41) is 6.27. The van der Waals surface area contributed by atoms with Crippen LogP contribution in [0.15, 0.2) is 24.3 Å². The lowest BCUT2D eigenvalue weighted by molar-refractivity contribution is -0.136. The van der Waals surface area contributed by atoms with Crippen molar-refractivity contribution in [2.45, 2.75) is 39.2 Å². The molecule has 3 rings (SSSR count). The standard InChI is InChI=1S/C20H28FN3O2/c1-14(2)17(23-18(25)15-3-5-16(21)6-4-15)19(26)24-11-8-20(9-12-24)7-10-22-13-20/h3-6,14,17,22H,7-13H2,1-2H3,(H,23,25). The lowest BCUT2D eigenvalue weighted by Gasteiger charge is -2.40. The van der Waals surface area contributed by atoms with Crippen LogP contribution in [0.5, 0.6) is 0 Å². The van der Waals surface area contributed by atoms with Gasteiger partial charge in [0.2, 0.25) is 5.91 Å². The molecule has 0 bridgehead atoms. The molecule has 2 aliphatic heterocycles. The van der Waals surface area contributed by atoms with Crippen LogP contribution in [0.2, 0.25) is 0 Å². The molecule has 1 atom stereocenters. The molecule has 0 aliphatic carbocycles. The van der Waals surface area contributed by atoms with E-state index in [1.54, 1.807) is 0 Å². The van der Waals surface area contributed by atoms with Gasteiger partial charge in [0.05, 0.1) is 0 Å². The second-order valence-electron chi connectivity index (χ2n) is 7.95. The maximum absolute atomic E-state index is 13.0. The van der Waals surface area contributed by atoms with Crippen molar-refractivity contribution in [1.29, 1.82) is 0 Å². The maximum atomic E-state index is 13.0. The van der Waals surface area contributed by atoms with Crippen molar-refractivity contribution in [3.8, 4) is 0 Å². The van der Waals surface area contributed by atoms with Crippen LogP contribution in [0.1, 0.15) is 43.5 Å². The Bertz CT molecular complexity index is 644. The van der Waals surface area contributed by atoms with Crippen LogP contribution in [-0.4, -0.2) is 48.9 Å². The van der Waals surface area contributed by atoms with E-state index < -0.39 is 6.04 Å². The van der Waals surface area contributed by atoms with E-state index in [-0.39, 0.29) is 23.5 Å². The number of hydrogen-bond donors (Lipinski definition) is 2. The third kappa shape index (κ3) is 4.06. The van der Waals surface area contributed by atoms with E-state index in [2.05, 4.69) is 10.6 Å². The molecule has 2 heterocycles. The largest absolute Gasteiger partial charge is 0.341 e. The van der Waals surface area contributed by atoms with Gasteiger partial charge in [-0.05, 0) is 61.4 Å². The zero-order chi connectivity index (χ0) is 18.7. The van der Waals surface area contributed by atoms with Crippen LogP contribution < -0.4 is 10.6 Å². The van der Waals surface area contributed by atoms with Crippen molar-refractivity contribution in [2.75, 3.05) is 26.2 Å². The van der Waals surface area contributed by atoms with Gasteiger partial charge in [0.25, 0.3) is 5.91 Å². The molecule has 2 N–H and O–H groups in total. The molecule has 2 saturated heterocycles. The van der Waals surface area contributed by atoms with Gasteiger partial charge in [0.15, 0.2) is 0 Å². The molecule has 1 unspecified atom stereocenters. The van der Waals surface area contributed by atoms with E-state index >= 15 is 0 Å². The van der Waals surface area contributed by atoms with Gasteiger partial charge in [-0.3, -0.25) is 9.59 Å². The molecule has 0 aromatic heterocycles. The number of nitrogens with one attached hydrogen (secondary N) is 2. The van der Waals surface area contributed by atoms with Crippen molar-refractivity contribution < 1.29 is 14.0 Å². The fraction of sp³-hybridized carbons (Fsp3) is 0.600. The lowest BCUT2D eigenvalue weighted by Crippen LogP contribution is -2.54. The zero-order valence-corrected chi connectivity index (χ0v) is 15.6. The van der Waals surface area contributed by atoms with Crippen LogP contribution in [0, 0.1) is 17.2 Å². The highest BCUT2D eigenvalue weighted by atomic mass is 19.1. The van der Waals surface area contributed by atoms with Gasteiger partial charge in [-0.1, -0.05) is 13.8 Å². The Morgan fingerprint density at radius 3 is 2.35 bits per heavy atom. The monoisotopic (exact) mass is 361 g/mol. The SMILES string of the molecule is CC(C)C(NC(=O)c1ccc(F)cc1)C(=O)N1CCC2(CCNC2)CC1. The molecule has 0 radical (unpaired) electrons. The molecule has 0 saturated carbocycles. The summed E-state index contributed by atoms with van der Waals surface area (Å²) in [5.74, 6) is -0.764. The molecule has 1 spiro atoms. The third-order valence-corrected chi connectivity index (χ3v) is 5.79. The highest BCUT2D eigenvalue weighted by molar-refractivity contribution is 5.97. The van der Waals surface area contributed by atoms with Crippen molar-refractivity contribution in [3.05, 3.63) is 35.6 Å². The van der Waals surface area contributed by atoms with Crippen molar-refractivity contribution in [3.63, 3.8) is 0 Å². The van der Waals surface area contributed by atoms with Crippen LogP contribution in [0.3, 0.4) is 0 Å². The summed E-state index contributed by atoms with van der Waals surface area (Å²) in [6.45, 7) is 7.46. The van der Waals surface area contributed by atoms with Gasteiger partial charge >= 0.3 is 0 Å². The molecular weight excluding hydrogens is 333 g/mol. The fourth-order valence-electron chi connectivity index (χ4n) is 3.96. The number of amides is 2. The normalized spacial score (nSPS) is 20.4. The summed E-state index contributed by atoms with van der Waals surface area (Å²) in [6.07, 6.45) is 3.22. The Hall–Kier alpha value is -1.95. The molecule has 5 nitrogen and oxygen atoms in total. The highest BCUT2D eigenvalue weighted by Gasteiger charge is 2.39. The minimum atomic E-state index is -0.566. The van der Waals surface area contributed by atoms with Gasteiger partial charge < -0.3 is 15.5 Å². The first-order valence-corrected chi connectivity index (χ1v) is 9.46. The van der Waals surface area contributed by atoms with Crippen molar-refractivity contribution >= 4 is 11.8 Å². The second-order valence-corrected chi connectivity index (χ2v) is 7.95. The Morgan fingerprint density at radius 2 is 1.81 bits per heavy atom. The number of halogens is 1. The second kappa shape index (κ2) is 7.74. The Labute approximate surface area is 154 Å². The number of piperidine rings is 1. The number of hydrogen-bond acceptors (Lipinski definition) is 3. The summed E-state index contributed by atoms with van der Waals surface area (Å²) in [5.41, 5.74) is 0.709. The number of benzene rings is 1. The molecule has 26 heavy (non-hydrogen) atoms. The summed E-state index contributed by atoms with van der Waals surface area (Å²) >= 11 is 0. The molecule has 6 heteroatoms. The molecule has 1 aromatic rings.